The second-order valence-electron chi connectivity index (χ2n) is 5.44. The maximum Gasteiger partial charge on any atom is 0.0391 e. The van der Waals surface area contributed by atoms with E-state index in [9.17, 15) is 0 Å². The lowest BCUT2D eigenvalue weighted by Crippen LogP contribution is -2.23. The van der Waals surface area contributed by atoms with Crippen LogP contribution in [0.5, 0.6) is 0 Å². The number of nitrogens with one attached hydrogen (secondary N) is 1. The molecule has 0 amide bonds. The zero-order chi connectivity index (χ0) is 14.0. The Morgan fingerprint density at radius 3 is 2.16 bits per heavy atom. The molecule has 102 valence electrons. The van der Waals surface area contributed by atoms with Crippen molar-refractivity contribution in [2.24, 2.45) is 0 Å². The molecule has 1 N–H and O–H groups in total. The van der Waals surface area contributed by atoms with Crippen molar-refractivity contribution in [1.82, 2.24) is 5.32 Å². The number of hydrogen-bond donors (Lipinski definition) is 1. The lowest BCUT2D eigenvalue weighted by atomic mass is 9.94. The standard InChI is InChI=1S/C17H23NS/c1-11-9-12(2)17(13(3)10-11)15(5)18-14(4)16-7-6-8-19-16/h6-10,14-15,18H,1-5H3. The van der Waals surface area contributed by atoms with E-state index in [4.69, 9.17) is 0 Å². The molecular weight excluding hydrogens is 250 g/mol. The Bertz CT molecular complexity index is 519. The van der Waals surface area contributed by atoms with Crippen LogP contribution in [-0.4, -0.2) is 0 Å². The molecule has 0 radical (unpaired) electrons. The normalized spacial score (nSPS) is 14.4. The van der Waals surface area contributed by atoms with Crippen LogP contribution in [0.4, 0.5) is 0 Å². The highest BCUT2D eigenvalue weighted by molar-refractivity contribution is 7.10. The van der Waals surface area contributed by atoms with Gasteiger partial charge in [0.2, 0.25) is 0 Å². The van der Waals surface area contributed by atoms with Crippen LogP contribution in [0.15, 0.2) is 29.6 Å². The lowest BCUT2D eigenvalue weighted by Gasteiger charge is -2.23. The first-order valence-corrected chi connectivity index (χ1v) is 7.74. The minimum absolute atomic E-state index is 0.373. The molecule has 0 fully saturated rings. The Hall–Kier alpha value is -1.12. The molecule has 1 aromatic carbocycles. The van der Waals surface area contributed by atoms with Gasteiger partial charge in [-0.1, -0.05) is 23.8 Å². The topological polar surface area (TPSA) is 12.0 Å². The first-order valence-electron chi connectivity index (χ1n) is 6.86. The van der Waals surface area contributed by atoms with Gasteiger partial charge in [-0.05, 0) is 62.8 Å². The van der Waals surface area contributed by atoms with Crippen molar-refractivity contribution in [3.05, 3.63) is 56.8 Å². The molecule has 2 unspecified atom stereocenters. The van der Waals surface area contributed by atoms with Crippen LogP contribution in [0, 0.1) is 20.8 Å². The van der Waals surface area contributed by atoms with Gasteiger partial charge in [-0.15, -0.1) is 11.3 Å². The van der Waals surface area contributed by atoms with E-state index in [0.717, 1.165) is 0 Å². The molecule has 0 saturated heterocycles. The van der Waals surface area contributed by atoms with Gasteiger partial charge in [0.05, 0.1) is 0 Å². The summed E-state index contributed by atoms with van der Waals surface area (Å²) in [7, 11) is 0. The van der Waals surface area contributed by atoms with Crippen molar-refractivity contribution in [3.8, 4) is 0 Å². The van der Waals surface area contributed by atoms with Gasteiger partial charge in [-0.3, -0.25) is 0 Å². The number of rotatable bonds is 4. The molecule has 2 atom stereocenters. The zero-order valence-corrected chi connectivity index (χ0v) is 13.3. The fourth-order valence-corrected chi connectivity index (χ4v) is 3.70. The molecule has 1 heterocycles. The van der Waals surface area contributed by atoms with Crippen LogP contribution in [0.25, 0.3) is 0 Å². The average molecular weight is 273 g/mol. The fraction of sp³-hybridized carbons (Fsp3) is 0.412. The summed E-state index contributed by atoms with van der Waals surface area (Å²) in [4.78, 5) is 1.40. The molecule has 2 heteroatoms. The quantitative estimate of drug-likeness (QED) is 0.818. The summed E-state index contributed by atoms with van der Waals surface area (Å²) in [5, 5.41) is 5.85. The van der Waals surface area contributed by atoms with Gasteiger partial charge in [0, 0.05) is 17.0 Å². The van der Waals surface area contributed by atoms with Crippen molar-refractivity contribution >= 4 is 11.3 Å². The van der Waals surface area contributed by atoms with E-state index in [-0.39, 0.29) is 0 Å². The summed E-state index contributed by atoms with van der Waals surface area (Å²) in [6.07, 6.45) is 0. The molecule has 1 aromatic heterocycles. The van der Waals surface area contributed by atoms with E-state index in [0.29, 0.717) is 12.1 Å². The van der Waals surface area contributed by atoms with Crippen molar-refractivity contribution in [3.63, 3.8) is 0 Å². The molecule has 0 bridgehead atoms. The molecule has 19 heavy (non-hydrogen) atoms. The highest BCUT2D eigenvalue weighted by Gasteiger charge is 2.15. The first-order chi connectivity index (χ1) is 8.99. The Morgan fingerprint density at radius 2 is 1.63 bits per heavy atom. The molecule has 0 aliphatic rings. The summed E-state index contributed by atoms with van der Waals surface area (Å²) in [6, 6.07) is 9.63. The Kier molecular flexibility index (Phi) is 4.43. The third-order valence-electron chi connectivity index (χ3n) is 3.64. The minimum atomic E-state index is 0.373. The highest BCUT2D eigenvalue weighted by atomic mass is 32.1. The summed E-state index contributed by atoms with van der Waals surface area (Å²) in [5.41, 5.74) is 5.55. The Morgan fingerprint density at radius 1 is 1.00 bits per heavy atom. The van der Waals surface area contributed by atoms with Crippen LogP contribution < -0.4 is 5.32 Å². The summed E-state index contributed by atoms with van der Waals surface area (Å²) in [6.45, 7) is 11.1. The first kappa shape index (κ1) is 14.3. The maximum absolute atomic E-state index is 3.71. The van der Waals surface area contributed by atoms with E-state index < -0.39 is 0 Å². The molecule has 2 rings (SSSR count). The van der Waals surface area contributed by atoms with Crippen molar-refractivity contribution in [1.29, 1.82) is 0 Å². The molecular formula is C17H23NS. The van der Waals surface area contributed by atoms with E-state index in [2.05, 4.69) is 69.6 Å². The van der Waals surface area contributed by atoms with Crippen LogP contribution in [0.2, 0.25) is 0 Å². The molecule has 2 aromatic rings. The van der Waals surface area contributed by atoms with Gasteiger partial charge in [-0.25, -0.2) is 0 Å². The number of hydrogen-bond acceptors (Lipinski definition) is 2. The van der Waals surface area contributed by atoms with Gasteiger partial charge in [0.15, 0.2) is 0 Å². The Balaban J connectivity index is 2.18. The molecule has 0 aliphatic carbocycles. The number of aryl methyl sites for hydroxylation is 3. The van der Waals surface area contributed by atoms with E-state index >= 15 is 0 Å². The molecule has 1 nitrogen and oxygen atoms in total. The van der Waals surface area contributed by atoms with Crippen LogP contribution >= 0.6 is 11.3 Å². The van der Waals surface area contributed by atoms with E-state index in [1.807, 2.05) is 11.3 Å². The smallest absolute Gasteiger partial charge is 0.0391 e. The molecule has 0 aliphatic heterocycles. The van der Waals surface area contributed by atoms with Crippen LogP contribution in [0.1, 0.15) is 53.1 Å². The monoisotopic (exact) mass is 273 g/mol. The van der Waals surface area contributed by atoms with Crippen molar-refractivity contribution < 1.29 is 0 Å². The third-order valence-corrected chi connectivity index (χ3v) is 4.70. The predicted octanol–water partition coefficient (Wildman–Crippen LogP) is 5.09. The summed E-state index contributed by atoms with van der Waals surface area (Å²) < 4.78 is 0. The van der Waals surface area contributed by atoms with Crippen LogP contribution in [0.3, 0.4) is 0 Å². The lowest BCUT2D eigenvalue weighted by molar-refractivity contribution is 0.497. The summed E-state index contributed by atoms with van der Waals surface area (Å²) in [5.74, 6) is 0. The SMILES string of the molecule is Cc1cc(C)c(C(C)NC(C)c2cccs2)c(C)c1. The van der Waals surface area contributed by atoms with Crippen molar-refractivity contribution in [2.75, 3.05) is 0 Å². The van der Waals surface area contributed by atoms with Gasteiger partial charge in [0.25, 0.3) is 0 Å². The Labute approximate surface area is 120 Å². The third kappa shape index (κ3) is 3.26. The summed E-state index contributed by atoms with van der Waals surface area (Å²) >= 11 is 1.82. The van der Waals surface area contributed by atoms with Crippen molar-refractivity contribution in [2.45, 2.75) is 46.7 Å². The largest absolute Gasteiger partial charge is 0.303 e. The fourth-order valence-electron chi connectivity index (χ4n) is 2.95. The van der Waals surface area contributed by atoms with Gasteiger partial charge < -0.3 is 5.32 Å². The van der Waals surface area contributed by atoms with Gasteiger partial charge in [0.1, 0.15) is 0 Å². The number of thiophene rings is 1. The minimum Gasteiger partial charge on any atom is -0.303 e. The predicted molar refractivity (Wildman–Crippen MR) is 84.9 cm³/mol. The molecule has 0 spiro atoms. The second-order valence-corrected chi connectivity index (χ2v) is 6.42. The van der Waals surface area contributed by atoms with E-state index in [1.165, 1.54) is 27.1 Å². The molecule has 0 saturated carbocycles. The zero-order valence-electron chi connectivity index (χ0n) is 12.4. The number of benzene rings is 1. The maximum atomic E-state index is 3.71. The van der Waals surface area contributed by atoms with E-state index in [1.54, 1.807) is 0 Å². The second kappa shape index (κ2) is 5.89. The highest BCUT2D eigenvalue weighted by Crippen LogP contribution is 2.27. The van der Waals surface area contributed by atoms with Gasteiger partial charge in [-0.2, -0.15) is 0 Å². The van der Waals surface area contributed by atoms with Gasteiger partial charge >= 0.3 is 0 Å². The average Bonchev–Trinajstić information content (AvgIpc) is 2.80. The van der Waals surface area contributed by atoms with Crippen LogP contribution in [-0.2, 0) is 0 Å².